The molecule has 3 nitrogen and oxygen atoms in total. The summed E-state index contributed by atoms with van der Waals surface area (Å²) in [6.07, 6.45) is -4.85. The van der Waals surface area contributed by atoms with Gasteiger partial charge in [-0.1, -0.05) is 59.6 Å². The van der Waals surface area contributed by atoms with Crippen LogP contribution in [-0.4, -0.2) is 0 Å². The summed E-state index contributed by atoms with van der Waals surface area (Å²) in [6.45, 7) is 0.0555. The Kier molecular flexibility index (Phi) is 5.69. The van der Waals surface area contributed by atoms with Crippen LogP contribution in [0, 0.1) is 0 Å². The Morgan fingerprint density at radius 1 is 0.935 bits per heavy atom. The Balaban J connectivity index is 1.77. The van der Waals surface area contributed by atoms with Crippen LogP contribution in [0.25, 0.3) is 22.1 Å². The van der Waals surface area contributed by atoms with E-state index in [1.165, 1.54) is 30.3 Å². The molecular formula is C23H13Cl2F3O3. The quantitative estimate of drug-likeness (QED) is 0.316. The van der Waals surface area contributed by atoms with E-state index in [4.69, 9.17) is 32.4 Å². The zero-order valence-electron chi connectivity index (χ0n) is 15.7. The van der Waals surface area contributed by atoms with Crippen LogP contribution >= 0.6 is 23.2 Å². The maximum atomic E-state index is 13.7. The minimum absolute atomic E-state index is 0.0173. The standard InChI is InChI=1S/C23H13Cl2F3O3/c24-15-7-6-14(18(25)10-15)12-30-16-8-9-17-19(11-16)31-22(23(26,27)28)20(21(17)29)13-4-2-1-3-5-13/h1-11H,12H2. The molecule has 4 rings (SSSR count). The van der Waals surface area contributed by atoms with Gasteiger partial charge in [0.1, 0.15) is 17.9 Å². The minimum Gasteiger partial charge on any atom is -0.489 e. The molecule has 8 heteroatoms. The maximum absolute atomic E-state index is 13.7. The van der Waals surface area contributed by atoms with Gasteiger partial charge in [-0.2, -0.15) is 13.2 Å². The molecule has 0 unspecified atom stereocenters. The molecule has 0 atom stereocenters. The van der Waals surface area contributed by atoms with Crippen molar-refractivity contribution in [2.24, 2.45) is 0 Å². The van der Waals surface area contributed by atoms with E-state index in [1.807, 2.05) is 0 Å². The summed E-state index contributed by atoms with van der Waals surface area (Å²) in [6, 6.07) is 16.6. The smallest absolute Gasteiger partial charge is 0.450 e. The van der Waals surface area contributed by atoms with Gasteiger partial charge in [-0.3, -0.25) is 4.79 Å². The Morgan fingerprint density at radius 3 is 2.35 bits per heavy atom. The van der Waals surface area contributed by atoms with Crippen LogP contribution in [0.5, 0.6) is 5.75 Å². The second-order valence-electron chi connectivity index (χ2n) is 6.68. The van der Waals surface area contributed by atoms with Crippen molar-refractivity contribution in [3.05, 3.63) is 98.3 Å². The van der Waals surface area contributed by atoms with E-state index in [0.717, 1.165) is 0 Å². The fraction of sp³-hybridized carbons (Fsp3) is 0.0870. The summed E-state index contributed by atoms with van der Waals surface area (Å²) < 4.78 is 51.9. The first-order valence-corrected chi connectivity index (χ1v) is 9.80. The van der Waals surface area contributed by atoms with Gasteiger partial charge in [0.15, 0.2) is 0 Å². The molecule has 0 fully saturated rings. The monoisotopic (exact) mass is 464 g/mol. The first-order chi connectivity index (χ1) is 14.7. The molecule has 1 aromatic heterocycles. The van der Waals surface area contributed by atoms with Crippen LogP contribution in [0.4, 0.5) is 13.2 Å². The molecule has 1 heterocycles. The van der Waals surface area contributed by atoms with E-state index in [-0.39, 0.29) is 28.9 Å². The Bertz CT molecular complexity index is 1320. The van der Waals surface area contributed by atoms with E-state index >= 15 is 0 Å². The van der Waals surface area contributed by atoms with Gasteiger partial charge in [0.2, 0.25) is 11.2 Å². The van der Waals surface area contributed by atoms with Crippen LogP contribution in [0.3, 0.4) is 0 Å². The Hall–Kier alpha value is -2.96. The molecule has 4 aromatic rings. The lowest BCUT2D eigenvalue weighted by Crippen LogP contribution is -2.16. The van der Waals surface area contributed by atoms with Crippen LogP contribution in [0.15, 0.2) is 75.9 Å². The first-order valence-electron chi connectivity index (χ1n) is 9.04. The summed E-state index contributed by atoms with van der Waals surface area (Å²) in [5.74, 6) is -1.13. The number of fused-ring (bicyclic) bond motifs is 1. The number of alkyl halides is 3. The second kappa shape index (κ2) is 8.29. The average Bonchev–Trinajstić information content (AvgIpc) is 2.73. The van der Waals surface area contributed by atoms with Crippen molar-refractivity contribution >= 4 is 34.2 Å². The number of benzene rings is 3. The minimum atomic E-state index is -4.85. The number of rotatable bonds is 4. The van der Waals surface area contributed by atoms with E-state index in [2.05, 4.69) is 0 Å². The number of hydrogen-bond acceptors (Lipinski definition) is 3. The van der Waals surface area contributed by atoms with Crippen molar-refractivity contribution in [3.63, 3.8) is 0 Å². The molecule has 0 radical (unpaired) electrons. The Morgan fingerprint density at radius 2 is 1.68 bits per heavy atom. The molecule has 31 heavy (non-hydrogen) atoms. The van der Waals surface area contributed by atoms with E-state index in [0.29, 0.717) is 15.6 Å². The highest BCUT2D eigenvalue weighted by atomic mass is 35.5. The van der Waals surface area contributed by atoms with Crippen molar-refractivity contribution in [1.82, 2.24) is 0 Å². The molecule has 0 saturated heterocycles. The summed E-state index contributed by atoms with van der Waals surface area (Å²) >= 11 is 12.0. The molecule has 0 spiro atoms. The van der Waals surface area contributed by atoms with Gasteiger partial charge < -0.3 is 9.15 Å². The average molecular weight is 465 g/mol. The molecule has 0 saturated carbocycles. The van der Waals surface area contributed by atoms with Gasteiger partial charge in [0.25, 0.3) is 0 Å². The van der Waals surface area contributed by atoms with Crippen LogP contribution in [0.2, 0.25) is 10.0 Å². The lowest BCUT2D eigenvalue weighted by Gasteiger charge is -2.13. The fourth-order valence-corrected chi connectivity index (χ4v) is 3.59. The van der Waals surface area contributed by atoms with Crippen molar-refractivity contribution in [3.8, 4) is 16.9 Å². The predicted octanol–water partition coefficient (Wildman–Crippen LogP) is 7.36. The maximum Gasteiger partial charge on any atom is 0.450 e. The van der Waals surface area contributed by atoms with Gasteiger partial charge >= 0.3 is 6.18 Å². The molecule has 0 aliphatic heterocycles. The summed E-state index contributed by atoms with van der Waals surface area (Å²) in [7, 11) is 0. The van der Waals surface area contributed by atoms with Crippen LogP contribution in [-0.2, 0) is 12.8 Å². The fourth-order valence-electron chi connectivity index (χ4n) is 3.13. The first kappa shape index (κ1) is 21.3. The lowest BCUT2D eigenvalue weighted by molar-refractivity contribution is -0.152. The summed E-state index contributed by atoms with van der Waals surface area (Å²) in [5, 5.41) is 0.880. The van der Waals surface area contributed by atoms with Gasteiger partial charge in [-0.05, 0) is 29.8 Å². The summed E-state index contributed by atoms with van der Waals surface area (Å²) in [4.78, 5) is 12.9. The third kappa shape index (κ3) is 4.40. The molecule has 158 valence electrons. The summed E-state index contributed by atoms with van der Waals surface area (Å²) in [5.41, 5.74) is -0.753. The third-order valence-electron chi connectivity index (χ3n) is 4.59. The van der Waals surface area contributed by atoms with E-state index in [9.17, 15) is 18.0 Å². The SMILES string of the molecule is O=c1c(-c2ccccc2)c(C(F)(F)F)oc2cc(OCc3ccc(Cl)cc3Cl)ccc12. The predicted molar refractivity (Wildman–Crippen MR) is 114 cm³/mol. The molecule has 0 N–H and O–H groups in total. The highest BCUT2D eigenvalue weighted by molar-refractivity contribution is 6.35. The molecule has 0 bridgehead atoms. The van der Waals surface area contributed by atoms with Crippen LogP contribution in [0.1, 0.15) is 11.3 Å². The van der Waals surface area contributed by atoms with Gasteiger partial charge in [-0.25, -0.2) is 0 Å². The Labute approximate surface area is 184 Å². The molecular weight excluding hydrogens is 452 g/mol. The van der Waals surface area contributed by atoms with E-state index in [1.54, 1.807) is 36.4 Å². The normalized spacial score (nSPS) is 11.6. The zero-order valence-corrected chi connectivity index (χ0v) is 17.2. The van der Waals surface area contributed by atoms with Crippen molar-refractivity contribution in [1.29, 1.82) is 0 Å². The molecule has 0 aliphatic carbocycles. The number of ether oxygens (including phenoxy) is 1. The van der Waals surface area contributed by atoms with Crippen molar-refractivity contribution < 1.29 is 22.3 Å². The van der Waals surface area contributed by atoms with E-state index < -0.39 is 22.9 Å². The van der Waals surface area contributed by atoms with Crippen molar-refractivity contribution in [2.75, 3.05) is 0 Å². The largest absolute Gasteiger partial charge is 0.489 e. The molecule has 0 aliphatic rings. The number of hydrogen-bond donors (Lipinski definition) is 0. The number of halogens is 5. The second-order valence-corrected chi connectivity index (χ2v) is 7.53. The van der Waals surface area contributed by atoms with Crippen molar-refractivity contribution in [2.45, 2.75) is 12.8 Å². The molecule has 3 aromatic carbocycles. The zero-order chi connectivity index (χ0) is 22.2. The van der Waals surface area contributed by atoms with Gasteiger partial charge in [0, 0.05) is 21.7 Å². The van der Waals surface area contributed by atoms with Gasteiger partial charge in [-0.15, -0.1) is 0 Å². The highest BCUT2D eigenvalue weighted by Gasteiger charge is 2.39. The topological polar surface area (TPSA) is 39.4 Å². The van der Waals surface area contributed by atoms with Crippen LogP contribution < -0.4 is 10.2 Å². The molecule has 0 amide bonds. The van der Waals surface area contributed by atoms with Gasteiger partial charge in [0.05, 0.1) is 10.9 Å². The lowest BCUT2D eigenvalue weighted by atomic mass is 10.0. The highest BCUT2D eigenvalue weighted by Crippen LogP contribution is 2.37. The third-order valence-corrected chi connectivity index (χ3v) is 5.18.